The Kier molecular flexibility index (Phi) is 6.57. The lowest BCUT2D eigenvalue weighted by Gasteiger charge is -2.42. The van der Waals surface area contributed by atoms with Crippen LogP contribution in [0.2, 0.25) is 0 Å². The first kappa shape index (κ1) is 15.2. The number of methoxy groups -OCH3 is 1. The minimum Gasteiger partial charge on any atom is -0.385 e. The summed E-state index contributed by atoms with van der Waals surface area (Å²) in [7, 11) is 1.72. The van der Waals surface area contributed by atoms with Gasteiger partial charge >= 0.3 is 0 Å². The molecule has 2 fully saturated rings. The zero-order chi connectivity index (χ0) is 13.4. The molecule has 0 bridgehead atoms. The Morgan fingerprint density at radius 3 is 2.58 bits per heavy atom. The molecule has 1 N–H and O–H groups in total. The van der Waals surface area contributed by atoms with E-state index in [0.29, 0.717) is 6.61 Å². The Morgan fingerprint density at radius 1 is 1.11 bits per heavy atom. The lowest BCUT2D eigenvalue weighted by molar-refractivity contribution is -0.118. The van der Waals surface area contributed by atoms with Gasteiger partial charge < -0.3 is 19.5 Å². The van der Waals surface area contributed by atoms with Gasteiger partial charge in [0, 0.05) is 26.4 Å². The molecule has 0 aromatic carbocycles. The highest BCUT2D eigenvalue weighted by Crippen LogP contribution is 2.38. The van der Waals surface area contributed by atoms with Crippen LogP contribution in [0.5, 0.6) is 0 Å². The Hall–Kier alpha value is -0.160. The lowest BCUT2D eigenvalue weighted by atomic mass is 9.77. The van der Waals surface area contributed by atoms with Gasteiger partial charge in [0.2, 0.25) is 0 Å². The van der Waals surface area contributed by atoms with E-state index in [-0.39, 0.29) is 5.60 Å². The summed E-state index contributed by atoms with van der Waals surface area (Å²) >= 11 is 0. The van der Waals surface area contributed by atoms with Crippen LogP contribution in [0.15, 0.2) is 0 Å². The molecule has 0 aliphatic heterocycles. The van der Waals surface area contributed by atoms with E-state index in [9.17, 15) is 0 Å². The molecule has 0 radical (unpaired) electrons. The van der Waals surface area contributed by atoms with Crippen molar-refractivity contribution in [1.29, 1.82) is 0 Å². The van der Waals surface area contributed by atoms with Crippen molar-refractivity contribution in [3.05, 3.63) is 0 Å². The Morgan fingerprint density at radius 2 is 1.95 bits per heavy atom. The standard InChI is InChI=1S/C15H29NO3/c1-17-10-3-11-18-12-13-19-15(6-2-7-15)8-9-16-14-4-5-14/h14,16H,2-13H2,1H3. The molecule has 0 saturated heterocycles. The molecule has 4 nitrogen and oxygen atoms in total. The highest BCUT2D eigenvalue weighted by molar-refractivity contribution is 4.91. The van der Waals surface area contributed by atoms with Gasteiger partial charge in [-0.3, -0.25) is 0 Å². The first-order valence-corrected chi connectivity index (χ1v) is 7.79. The van der Waals surface area contributed by atoms with Crippen molar-refractivity contribution >= 4 is 0 Å². The molecule has 0 aromatic rings. The fourth-order valence-electron chi connectivity index (χ4n) is 2.55. The zero-order valence-electron chi connectivity index (χ0n) is 12.3. The molecule has 0 unspecified atom stereocenters. The number of hydrogen-bond donors (Lipinski definition) is 1. The topological polar surface area (TPSA) is 39.7 Å². The van der Waals surface area contributed by atoms with Gasteiger partial charge in [0.1, 0.15) is 0 Å². The van der Waals surface area contributed by atoms with Gasteiger partial charge in [-0.2, -0.15) is 0 Å². The molecule has 0 aromatic heterocycles. The van der Waals surface area contributed by atoms with Crippen molar-refractivity contribution < 1.29 is 14.2 Å². The first-order chi connectivity index (χ1) is 9.35. The van der Waals surface area contributed by atoms with Crippen LogP contribution < -0.4 is 5.32 Å². The maximum Gasteiger partial charge on any atom is 0.0708 e. The zero-order valence-corrected chi connectivity index (χ0v) is 12.3. The van der Waals surface area contributed by atoms with Crippen molar-refractivity contribution in [3.63, 3.8) is 0 Å². The third-order valence-electron chi connectivity index (χ3n) is 4.13. The lowest BCUT2D eigenvalue weighted by Crippen LogP contribution is -2.43. The van der Waals surface area contributed by atoms with E-state index < -0.39 is 0 Å². The van der Waals surface area contributed by atoms with E-state index in [4.69, 9.17) is 14.2 Å². The van der Waals surface area contributed by atoms with Gasteiger partial charge in [-0.1, -0.05) is 0 Å². The van der Waals surface area contributed by atoms with Gasteiger partial charge in [0.15, 0.2) is 0 Å². The summed E-state index contributed by atoms with van der Waals surface area (Å²) in [6.07, 6.45) is 8.62. The van der Waals surface area contributed by atoms with Crippen LogP contribution in [-0.4, -0.2) is 51.7 Å². The number of ether oxygens (including phenoxy) is 3. The summed E-state index contributed by atoms with van der Waals surface area (Å²) in [6.45, 7) is 4.10. The van der Waals surface area contributed by atoms with Crippen LogP contribution >= 0.6 is 0 Å². The molecule has 0 amide bonds. The van der Waals surface area contributed by atoms with Crippen LogP contribution in [0.1, 0.15) is 44.9 Å². The molecule has 0 heterocycles. The van der Waals surface area contributed by atoms with Crippen LogP contribution in [0.3, 0.4) is 0 Å². The third-order valence-corrected chi connectivity index (χ3v) is 4.13. The molecular formula is C15H29NO3. The predicted octanol–water partition coefficient (Wildman–Crippen LogP) is 2.12. The Bertz CT molecular complexity index is 240. The summed E-state index contributed by atoms with van der Waals surface area (Å²) in [5.74, 6) is 0. The van der Waals surface area contributed by atoms with Crippen molar-refractivity contribution in [2.24, 2.45) is 0 Å². The van der Waals surface area contributed by atoms with Gasteiger partial charge in [-0.25, -0.2) is 0 Å². The minimum absolute atomic E-state index is 0.164. The maximum atomic E-state index is 6.08. The Balaban J connectivity index is 1.46. The molecule has 2 aliphatic rings. The van der Waals surface area contributed by atoms with Crippen LogP contribution in [0.4, 0.5) is 0 Å². The Labute approximate surface area is 117 Å². The summed E-state index contributed by atoms with van der Waals surface area (Å²) in [6, 6.07) is 0.807. The second-order valence-corrected chi connectivity index (χ2v) is 5.82. The highest BCUT2D eigenvalue weighted by Gasteiger charge is 2.37. The largest absolute Gasteiger partial charge is 0.385 e. The molecule has 0 spiro atoms. The number of rotatable bonds is 12. The average Bonchev–Trinajstić information content (AvgIpc) is 3.17. The second kappa shape index (κ2) is 8.20. The van der Waals surface area contributed by atoms with Gasteiger partial charge in [-0.05, 0) is 51.5 Å². The van der Waals surface area contributed by atoms with E-state index in [1.165, 1.54) is 32.1 Å². The minimum atomic E-state index is 0.164. The van der Waals surface area contributed by atoms with Crippen molar-refractivity contribution in [1.82, 2.24) is 5.32 Å². The van der Waals surface area contributed by atoms with E-state index >= 15 is 0 Å². The molecule has 2 saturated carbocycles. The summed E-state index contributed by atoms with van der Waals surface area (Å²) in [5.41, 5.74) is 0.164. The predicted molar refractivity (Wildman–Crippen MR) is 75.5 cm³/mol. The van der Waals surface area contributed by atoms with E-state index in [1.807, 2.05) is 0 Å². The van der Waals surface area contributed by atoms with Crippen LogP contribution in [-0.2, 0) is 14.2 Å². The maximum absolute atomic E-state index is 6.08. The summed E-state index contributed by atoms with van der Waals surface area (Å²) in [5, 5.41) is 3.58. The summed E-state index contributed by atoms with van der Waals surface area (Å²) < 4.78 is 16.6. The van der Waals surface area contributed by atoms with Gasteiger partial charge in [0.05, 0.1) is 18.8 Å². The van der Waals surface area contributed by atoms with E-state index in [2.05, 4.69) is 5.32 Å². The normalized spacial score (nSPS) is 21.3. The van der Waals surface area contributed by atoms with Crippen molar-refractivity contribution in [3.8, 4) is 0 Å². The van der Waals surface area contributed by atoms with Crippen molar-refractivity contribution in [2.75, 3.05) is 40.1 Å². The SMILES string of the molecule is COCCCOCCOC1(CCNC2CC2)CCC1. The fourth-order valence-corrected chi connectivity index (χ4v) is 2.55. The number of hydrogen-bond acceptors (Lipinski definition) is 4. The van der Waals surface area contributed by atoms with Crippen molar-refractivity contribution in [2.45, 2.75) is 56.6 Å². The van der Waals surface area contributed by atoms with E-state index in [0.717, 1.165) is 45.2 Å². The molecule has 2 aliphatic carbocycles. The molecule has 2 rings (SSSR count). The quantitative estimate of drug-likeness (QED) is 0.552. The first-order valence-electron chi connectivity index (χ1n) is 7.79. The van der Waals surface area contributed by atoms with E-state index in [1.54, 1.807) is 7.11 Å². The summed E-state index contributed by atoms with van der Waals surface area (Å²) in [4.78, 5) is 0. The van der Waals surface area contributed by atoms with Gasteiger partial charge in [0.25, 0.3) is 0 Å². The average molecular weight is 271 g/mol. The molecule has 0 atom stereocenters. The van der Waals surface area contributed by atoms with Crippen LogP contribution in [0, 0.1) is 0 Å². The van der Waals surface area contributed by atoms with Crippen LogP contribution in [0.25, 0.3) is 0 Å². The smallest absolute Gasteiger partial charge is 0.0708 e. The highest BCUT2D eigenvalue weighted by atomic mass is 16.5. The molecule has 112 valence electrons. The second-order valence-electron chi connectivity index (χ2n) is 5.82. The molecule has 19 heavy (non-hydrogen) atoms. The molecular weight excluding hydrogens is 242 g/mol. The van der Waals surface area contributed by atoms with Gasteiger partial charge in [-0.15, -0.1) is 0 Å². The number of nitrogens with one attached hydrogen (secondary N) is 1. The third kappa shape index (κ3) is 5.78. The molecule has 4 heteroatoms. The monoisotopic (exact) mass is 271 g/mol. The fraction of sp³-hybridized carbons (Fsp3) is 1.00.